The van der Waals surface area contributed by atoms with Crippen LogP contribution in [0.4, 0.5) is 5.13 Å². The summed E-state index contributed by atoms with van der Waals surface area (Å²) in [5, 5.41) is 3.12. The van der Waals surface area contributed by atoms with E-state index >= 15 is 0 Å². The van der Waals surface area contributed by atoms with Gasteiger partial charge in [-0.1, -0.05) is 47.7 Å². The lowest BCUT2D eigenvalue weighted by Crippen LogP contribution is -2.14. The average Bonchev–Trinajstić information content (AvgIpc) is 3.03. The number of nitrogens with zero attached hydrogens (tertiary/aromatic N) is 1. The number of aromatic nitrogens is 1. The molecule has 1 aromatic heterocycles. The van der Waals surface area contributed by atoms with Gasteiger partial charge in [0.15, 0.2) is 22.3 Å². The van der Waals surface area contributed by atoms with E-state index in [1.165, 1.54) is 18.4 Å². The summed E-state index contributed by atoms with van der Waals surface area (Å²) in [5.74, 6) is 0.543. The van der Waals surface area contributed by atoms with Gasteiger partial charge in [0.1, 0.15) is 0 Å². The smallest absolute Gasteiger partial charge is 0.358 e. The van der Waals surface area contributed by atoms with Crippen molar-refractivity contribution in [2.24, 2.45) is 0 Å². The predicted octanol–water partition coefficient (Wildman–Crippen LogP) is 3.94. The summed E-state index contributed by atoms with van der Waals surface area (Å²) >= 11 is 1.23. The number of nitrogens with one attached hydrogen (secondary N) is 1. The maximum Gasteiger partial charge on any atom is 0.358 e. The minimum absolute atomic E-state index is 0.143. The molecule has 0 saturated heterocycles. The molecule has 30 heavy (non-hydrogen) atoms. The second kappa shape index (κ2) is 8.96. The van der Waals surface area contributed by atoms with E-state index in [1.54, 1.807) is 0 Å². The first-order valence-corrected chi connectivity index (χ1v) is 10.3. The molecule has 0 atom stereocenters. The number of methoxy groups -OCH3 is 1. The van der Waals surface area contributed by atoms with Gasteiger partial charge in [-0.2, -0.15) is 0 Å². The molecule has 0 fully saturated rings. The number of thiazole rings is 1. The molecule has 0 unspecified atom stereocenters. The summed E-state index contributed by atoms with van der Waals surface area (Å²) in [4.78, 5) is 29.7. The topological polar surface area (TPSA) is 86.8 Å². The van der Waals surface area contributed by atoms with Gasteiger partial charge >= 0.3 is 5.97 Å². The first kappa shape index (κ1) is 19.9. The summed E-state index contributed by atoms with van der Waals surface area (Å²) < 4.78 is 16.1. The van der Waals surface area contributed by atoms with E-state index in [0.29, 0.717) is 34.7 Å². The highest BCUT2D eigenvalue weighted by atomic mass is 32.1. The Hall–Kier alpha value is -3.39. The molecule has 1 amide bonds. The van der Waals surface area contributed by atoms with Crippen LogP contribution in [0.2, 0.25) is 0 Å². The number of rotatable bonds is 5. The van der Waals surface area contributed by atoms with Crippen molar-refractivity contribution in [2.75, 3.05) is 25.6 Å². The molecule has 154 valence electrons. The zero-order valence-electron chi connectivity index (χ0n) is 16.3. The van der Waals surface area contributed by atoms with Gasteiger partial charge in [-0.05, 0) is 23.3 Å². The van der Waals surface area contributed by atoms with E-state index in [1.807, 2.05) is 48.5 Å². The Morgan fingerprint density at radius 3 is 2.63 bits per heavy atom. The van der Waals surface area contributed by atoms with Gasteiger partial charge in [0.2, 0.25) is 5.91 Å². The molecule has 4 rings (SSSR count). The Kier molecular flexibility index (Phi) is 5.94. The van der Waals surface area contributed by atoms with Crippen LogP contribution in [-0.2, 0) is 16.0 Å². The second-order valence-corrected chi connectivity index (χ2v) is 7.61. The third kappa shape index (κ3) is 4.44. The molecule has 2 aromatic carbocycles. The third-order valence-electron chi connectivity index (χ3n) is 4.46. The van der Waals surface area contributed by atoms with Crippen molar-refractivity contribution in [3.8, 4) is 21.9 Å². The van der Waals surface area contributed by atoms with Crippen molar-refractivity contribution in [1.82, 2.24) is 4.98 Å². The number of benzene rings is 2. The summed E-state index contributed by atoms with van der Waals surface area (Å²) in [7, 11) is 1.30. The molecular weight excluding hydrogens is 404 g/mol. The zero-order valence-corrected chi connectivity index (χ0v) is 17.2. The van der Waals surface area contributed by atoms with Crippen LogP contribution in [-0.4, -0.2) is 37.2 Å². The zero-order chi connectivity index (χ0) is 20.9. The van der Waals surface area contributed by atoms with Crippen LogP contribution in [0.15, 0.2) is 48.5 Å². The number of anilines is 1. The number of hydrogen-bond acceptors (Lipinski definition) is 7. The molecule has 0 saturated carbocycles. The first-order valence-electron chi connectivity index (χ1n) is 9.47. The van der Waals surface area contributed by atoms with Gasteiger partial charge in [0.05, 0.1) is 31.6 Å². The third-order valence-corrected chi connectivity index (χ3v) is 5.48. The van der Waals surface area contributed by atoms with E-state index in [-0.39, 0.29) is 18.0 Å². The highest BCUT2D eigenvalue weighted by Gasteiger charge is 2.21. The summed E-state index contributed by atoms with van der Waals surface area (Å²) in [6.07, 6.45) is 0.964. The number of carbonyl (C=O) groups is 2. The SMILES string of the molecule is COC(=O)c1nc(NC(=O)Cc2ccc3c(c2)OCCCO3)sc1-c1ccccc1. The Morgan fingerprint density at radius 2 is 1.87 bits per heavy atom. The summed E-state index contributed by atoms with van der Waals surface area (Å²) in [6.45, 7) is 1.20. The van der Waals surface area contributed by atoms with Gasteiger partial charge in [0, 0.05) is 6.42 Å². The molecule has 1 N–H and O–H groups in total. The largest absolute Gasteiger partial charge is 0.490 e. The Morgan fingerprint density at radius 1 is 1.10 bits per heavy atom. The number of ether oxygens (including phenoxy) is 3. The lowest BCUT2D eigenvalue weighted by atomic mass is 10.1. The molecule has 1 aliphatic heterocycles. The second-order valence-electron chi connectivity index (χ2n) is 6.61. The summed E-state index contributed by atoms with van der Waals surface area (Å²) in [6, 6.07) is 14.9. The van der Waals surface area contributed by atoms with Crippen LogP contribution in [0.5, 0.6) is 11.5 Å². The van der Waals surface area contributed by atoms with Crippen molar-refractivity contribution in [1.29, 1.82) is 0 Å². The molecule has 3 aromatic rings. The average molecular weight is 424 g/mol. The summed E-state index contributed by atoms with van der Waals surface area (Å²) in [5.41, 5.74) is 1.81. The van der Waals surface area contributed by atoms with Gasteiger partial charge < -0.3 is 19.5 Å². The number of hydrogen-bond donors (Lipinski definition) is 1. The van der Waals surface area contributed by atoms with Crippen LogP contribution in [0.25, 0.3) is 10.4 Å². The predicted molar refractivity (Wildman–Crippen MR) is 113 cm³/mol. The van der Waals surface area contributed by atoms with Gasteiger partial charge in [0.25, 0.3) is 0 Å². The van der Waals surface area contributed by atoms with Crippen LogP contribution in [0.3, 0.4) is 0 Å². The highest BCUT2D eigenvalue weighted by Crippen LogP contribution is 2.34. The van der Waals surface area contributed by atoms with E-state index in [4.69, 9.17) is 14.2 Å². The maximum absolute atomic E-state index is 12.6. The van der Waals surface area contributed by atoms with Crippen molar-refractivity contribution in [3.63, 3.8) is 0 Å². The molecule has 1 aliphatic rings. The molecule has 0 aliphatic carbocycles. The van der Waals surface area contributed by atoms with Gasteiger partial charge in [-0.3, -0.25) is 4.79 Å². The molecule has 8 heteroatoms. The fraction of sp³-hybridized carbons (Fsp3) is 0.227. The van der Waals surface area contributed by atoms with E-state index in [9.17, 15) is 9.59 Å². The normalized spacial score (nSPS) is 12.7. The maximum atomic E-state index is 12.6. The lowest BCUT2D eigenvalue weighted by Gasteiger charge is -2.09. The minimum Gasteiger partial charge on any atom is -0.490 e. The first-order chi connectivity index (χ1) is 14.6. The molecule has 0 spiro atoms. The number of esters is 1. The number of carbonyl (C=O) groups excluding carboxylic acids is 2. The monoisotopic (exact) mass is 424 g/mol. The Balaban J connectivity index is 1.51. The van der Waals surface area contributed by atoms with Crippen LogP contribution < -0.4 is 14.8 Å². The number of fused-ring (bicyclic) bond motifs is 1. The molecule has 2 heterocycles. The van der Waals surface area contributed by atoms with Gasteiger partial charge in [-0.15, -0.1) is 0 Å². The van der Waals surface area contributed by atoms with Crippen molar-refractivity contribution >= 4 is 28.3 Å². The van der Waals surface area contributed by atoms with Crippen molar-refractivity contribution in [2.45, 2.75) is 12.8 Å². The quantitative estimate of drug-likeness (QED) is 0.625. The highest BCUT2D eigenvalue weighted by molar-refractivity contribution is 7.19. The lowest BCUT2D eigenvalue weighted by molar-refractivity contribution is -0.115. The van der Waals surface area contributed by atoms with Crippen LogP contribution in [0, 0.1) is 0 Å². The fourth-order valence-corrected chi connectivity index (χ4v) is 4.04. The van der Waals surface area contributed by atoms with Crippen molar-refractivity contribution < 1.29 is 23.8 Å². The molecule has 0 bridgehead atoms. The standard InChI is InChI=1S/C22H20N2O5S/c1-27-21(26)19-20(15-6-3-2-4-7-15)30-22(24-19)23-18(25)13-14-8-9-16-17(12-14)29-11-5-10-28-16/h2-4,6-9,12H,5,10-11,13H2,1H3,(H,23,24,25). The van der Waals surface area contributed by atoms with Crippen molar-refractivity contribution in [3.05, 3.63) is 59.8 Å². The van der Waals surface area contributed by atoms with E-state index in [2.05, 4.69) is 10.3 Å². The Labute approximate surface area is 177 Å². The van der Waals surface area contributed by atoms with Gasteiger partial charge in [-0.25, -0.2) is 9.78 Å². The molecule has 7 nitrogen and oxygen atoms in total. The fourth-order valence-electron chi connectivity index (χ4n) is 3.06. The van der Waals surface area contributed by atoms with E-state index < -0.39 is 5.97 Å². The van der Waals surface area contributed by atoms with Crippen LogP contribution >= 0.6 is 11.3 Å². The minimum atomic E-state index is -0.548. The Bertz CT molecular complexity index is 1060. The molecule has 0 radical (unpaired) electrons. The van der Waals surface area contributed by atoms with E-state index in [0.717, 1.165) is 17.5 Å². The molecular formula is C22H20N2O5S. The number of amides is 1. The van der Waals surface area contributed by atoms with Crippen LogP contribution in [0.1, 0.15) is 22.5 Å².